The van der Waals surface area contributed by atoms with E-state index in [1.54, 1.807) is 16.0 Å². The fourth-order valence-corrected chi connectivity index (χ4v) is 10.8. The van der Waals surface area contributed by atoms with Crippen molar-refractivity contribution in [3.05, 3.63) is 43.3 Å². The quantitative estimate of drug-likeness (QED) is 0.546. The van der Waals surface area contributed by atoms with Gasteiger partial charge in [-0.2, -0.15) is 0 Å². The van der Waals surface area contributed by atoms with Crippen LogP contribution < -0.4 is 24.8 Å². The van der Waals surface area contributed by atoms with Gasteiger partial charge in [-0.05, 0) is 0 Å². The van der Waals surface area contributed by atoms with Crippen LogP contribution in [0, 0.1) is 0 Å². The van der Waals surface area contributed by atoms with E-state index in [-0.39, 0.29) is 44.0 Å². The molecule has 0 spiro atoms. The number of halogens is 2. The van der Waals surface area contributed by atoms with E-state index in [4.69, 9.17) is 0 Å². The first-order chi connectivity index (χ1) is 8.34. The molecule has 0 nitrogen and oxygen atoms in total. The minimum absolute atomic E-state index is 0. The fraction of sp³-hybridized carbons (Fsp3) is 0.467. The smallest absolute Gasteiger partial charge is 1.00 e. The Morgan fingerprint density at radius 1 is 1.16 bits per heavy atom. The molecule has 1 fully saturated rings. The van der Waals surface area contributed by atoms with E-state index in [9.17, 15) is 0 Å². The molecule has 3 aliphatic rings. The molecule has 0 radical (unpaired) electrons. The molecule has 3 rings (SSSR count). The van der Waals surface area contributed by atoms with Gasteiger partial charge in [0.05, 0.1) is 0 Å². The fourth-order valence-electron chi connectivity index (χ4n) is 3.31. The molecule has 0 bridgehead atoms. The first-order valence-electron chi connectivity index (χ1n) is 6.87. The summed E-state index contributed by atoms with van der Waals surface area (Å²) in [4.78, 5) is 0. The van der Waals surface area contributed by atoms with Gasteiger partial charge < -0.3 is 24.8 Å². The molecule has 0 aromatic heterocycles. The van der Waals surface area contributed by atoms with E-state index in [1.807, 2.05) is 9.07 Å². The molecule has 19 heavy (non-hydrogen) atoms. The van der Waals surface area contributed by atoms with Crippen LogP contribution in [-0.2, 0) is 19.2 Å². The van der Waals surface area contributed by atoms with E-state index in [2.05, 4.69) is 37.3 Å². The SMILES string of the molecule is CC[Si]1(C2=[C]([Ti+2][C]3=CC=CC3)C=CC2)CCC1.[Cl-].[Cl-]. The molecule has 4 heteroatoms. The van der Waals surface area contributed by atoms with Gasteiger partial charge in [-0.3, -0.25) is 0 Å². The Morgan fingerprint density at radius 2 is 1.95 bits per heavy atom. The summed E-state index contributed by atoms with van der Waals surface area (Å²) in [6.07, 6.45) is 15.9. The summed E-state index contributed by atoms with van der Waals surface area (Å²) in [6, 6.07) is 4.68. The third-order valence-corrected chi connectivity index (χ3v) is 13.0. The van der Waals surface area contributed by atoms with Crippen molar-refractivity contribution in [2.45, 2.75) is 44.3 Å². The van der Waals surface area contributed by atoms with Crippen LogP contribution >= 0.6 is 0 Å². The van der Waals surface area contributed by atoms with Crippen LogP contribution in [0.5, 0.6) is 0 Å². The topological polar surface area (TPSA) is 0 Å². The van der Waals surface area contributed by atoms with Crippen molar-refractivity contribution >= 4 is 8.07 Å². The summed E-state index contributed by atoms with van der Waals surface area (Å²) in [5, 5.41) is 1.97. The Balaban J connectivity index is 0.000000902. The molecule has 0 saturated carbocycles. The molecular formula is C15H20Cl2SiTi. The third kappa shape index (κ3) is 3.39. The first kappa shape index (κ1) is 17.5. The predicted molar refractivity (Wildman–Crippen MR) is 73.1 cm³/mol. The van der Waals surface area contributed by atoms with Gasteiger partial charge >= 0.3 is 115 Å². The molecule has 102 valence electrons. The van der Waals surface area contributed by atoms with Crippen molar-refractivity contribution in [2.24, 2.45) is 0 Å². The van der Waals surface area contributed by atoms with Crippen molar-refractivity contribution in [3.63, 3.8) is 0 Å². The van der Waals surface area contributed by atoms with Gasteiger partial charge in [-0.15, -0.1) is 0 Å². The molecule has 1 saturated heterocycles. The zero-order valence-corrected chi connectivity index (χ0v) is 15.5. The van der Waals surface area contributed by atoms with E-state index in [0.29, 0.717) is 0 Å². The average molecular weight is 347 g/mol. The Bertz CT molecular complexity index is 440. The van der Waals surface area contributed by atoms with Crippen LogP contribution in [0.15, 0.2) is 43.3 Å². The van der Waals surface area contributed by atoms with Gasteiger partial charge in [0.25, 0.3) is 0 Å². The third-order valence-electron chi connectivity index (χ3n) is 4.63. The second-order valence-electron chi connectivity index (χ2n) is 5.44. The van der Waals surface area contributed by atoms with Crippen LogP contribution in [0.1, 0.15) is 26.2 Å². The largest absolute Gasteiger partial charge is 1.00 e. The average Bonchev–Trinajstić information content (AvgIpc) is 2.91. The number of allylic oxidation sites excluding steroid dienone is 8. The normalized spacial score (nSPS) is 22.3. The molecule has 0 atom stereocenters. The van der Waals surface area contributed by atoms with Crippen LogP contribution in [0.3, 0.4) is 0 Å². The Labute approximate surface area is 139 Å². The molecule has 0 aromatic rings. The molecule has 0 aromatic carbocycles. The summed E-state index contributed by atoms with van der Waals surface area (Å²) >= 11 is 0.0135. The van der Waals surface area contributed by atoms with Gasteiger partial charge in [0, 0.05) is 0 Å². The minimum Gasteiger partial charge on any atom is -1.00 e. The van der Waals surface area contributed by atoms with Crippen molar-refractivity contribution < 1.29 is 44.0 Å². The monoisotopic (exact) mass is 346 g/mol. The van der Waals surface area contributed by atoms with E-state index in [0.717, 1.165) is 0 Å². The second-order valence-corrected chi connectivity index (χ2v) is 12.5. The van der Waals surface area contributed by atoms with Crippen molar-refractivity contribution in [1.82, 2.24) is 0 Å². The van der Waals surface area contributed by atoms with E-state index >= 15 is 0 Å². The second kappa shape index (κ2) is 7.47. The number of hydrogen-bond donors (Lipinski definition) is 0. The van der Waals surface area contributed by atoms with Crippen molar-refractivity contribution in [3.8, 4) is 0 Å². The van der Waals surface area contributed by atoms with Crippen LogP contribution in [-0.4, -0.2) is 8.07 Å². The van der Waals surface area contributed by atoms with Gasteiger partial charge in [0.1, 0.15) is 0 Å². The molecule has 2 aliphatic carbocycles. The maximum absolute atomic E-state index is 2.48. The summed E-state index contributed by atoms with van der Waals surface area (Å²) < 4.78 is 3.57. The molecule has 1 heterocycles. The van der Waals surface area contributed by atoms with Crippen LogP contribution in [0.2, 0.25) is 18.1 Å². The molecule has 0 N–H and O–H groups in total. The standard InChI is InChI=1S/C10H15Si.C5H5.2ClH.Ti/c1-2-11(8-5-9-11)10-6-3-4-7-10;1-2-4-5-3-1;;;/h3-4H,2,5-6,8-9H2,1H3;1-3H,4H2;2*1H;/q;;;;+2/p-2. The Hall–Kier alpha value is 0.471. The Morgan fingerprint density at radius 3 is 2.47 bits per heavy atom. The zero-order chi connectivity index (χ0) is 11.7. The van der Waals surface area contributed by atoms with E-state index in [1.165, 1.54) is 25.3 Å². The van der Waals surface area contributed by atoms with Crippen molar-refractivity contribution in [2.75, 3.05) is 0 Å². The van der Waals surface area contributed by atoms with Crippen LogP contribution in [0.4, 0.5) is 0 Å². The Kier molecular flexibility index (Phi) is 6.89. The summed E-state index contributed by atoms with van der Waals surface area (Å²) in [5.74, 6) is 0. The van der Waals surface area contributed by atoms with Gasteiger partial charge in [-0.25, -0.2) is 0 Å². The maximum atomic E-state index is 2.48. The minimum atomic E-state index is -0.918. The molecule has 1 aliphatic heterocycles. The predicted octanol–water partition coefficient (Wildman–Crippen LogP) is -1.45. The van der Waals surface area contributed by atoms with Gasteiger partial charge in [-0.1, -0.05) is 0 Å². The van der Waals surface area contributed by atoms with Gasteiger partial charge in [0.2, 0.25) is 0 Å². The first-order valence-corrected chi connectivity index (χ1v) is 11.1. The summed E-state index contributed by atoms with van der Waals surface area (Å²) in [6.45, 7) is 2.45. The summed E-state index contributed by atoms with van der Waals surface area (Å²) in [7, 11) is -0.918. The van der Waals surface area contributed by atoms with E-state index < -0.39 is 8.07 Å². The zero-order valence-electron chi connectivity index (χ0n) is 11.4. The number of hydrogen-bond acceptors (Lipinski definition) is 0. The molecular weight excluding hydrogens is 327 g/mol. The van der Waals surface area contributed by atoms with Gasteiger partial charge in [0.15, 0.2) is 0 Å². The number of rotatable bonds is 4. The van der Waals surface area contributed by atoms with Crippen LogP contribution in [0.25, 0.3) is 0 Å². The maximum Gasteiger partial charge on any atom is -1.00 e. The molecule has 0 unspecified atom stereocenters. The van der Waals surface area contributed by atoms with Crippen molar-refractivity contribution in [1.29, 1.82) is 0 Å². The summed E-state index contributed by atoms with van der Waals surface area (Å²) in [5.41, 5.74) is 0. The molecule has 0 amide bonds.